The number of carbonyl (C=O) groups excluding carboxylic acids is 2. The Labute approximate surface area is 218 Å². The van der Waals surface area contributed by atoms with E-state index < -0.39 is 23.3 Å². The zero-order chi connectivity index (χ0) is 27.1. The van der Waals surface area contributed by atoms with Crippen LogP contribution >= 0.6 is 0 Å². The summed E-state index contributed by atoms with van der Waals surface area (Å²) in [6.45, 7) is 4.39. The Morgan fingerprint density at radius 2 is 1.87 bits per heavy atom. The first-order valence-electron chi connectivity index (χ1n) is 12.1. The molecule has 3 amide bonds. The summed E-state index contributed by atoms with van der Waals surface area (Å²) in [5.41, 5.74) is 0.752. The van der Waals surface area contributed by atoms with E-state index >= 15 is 0 Å². The fraction of sp³-hybridized carbons (Fsp3) is 0.320. The SMILES string of the molecule is CCNC(=O)Nc1cc(Nc2cccnc2)c(C(=O)Nc2cnc(NCC3(C(=O)O)CCC3C)nc2)cn1. The number of amides is 3. The van der Waals surface area contributed by atoms with Gasteiger partial charge in [-0.1, -0.05) is 6.92 Å². The molecular weight excluding hydrogens is 490 g/mol. The first kappa shape index (κ1) is 26.3. The molecule has 4 rings (SSSR count). The van der Waals surface area contributed by atoms with Gasteiger partial charge in [-0.3, -0.25) is 19.9 Å². The average Bonchev–Trinajstić information content (AvgIpc) is 2.89. The Hall–Kier alpha value is -4.81. The molecule has 3 aromatic rings. The molecule has 0 aliphatic heterocycles. The molecular formula is C25H29N9O4. The topological polar surface area (TPSA) is 183 Å². The van der Waals surface area contributed by atoms with E-state index in [1.165, 1.54) is 18.6 Å². The monoisotopic (exact) mass is 519 g/mol. The van der Waals surface area contributed by atoms with Gasteiger partial charge in [0.1, 0.15) is 5.82 Å². The Bertz CT molecular complexity index is 1300. The van der Waals surface area contributed by atoms with Gasteiger partial charge in [0.25, 0.3) is 5.91 Å². The lowest BCUT2D eigenvalue weighted by molar-refractivity contribution is -0.158. The number of nitrogens with one attached hydrogen (secondary N) is 5. The number of carboxylic acids is 1. The molecule has 0 bridgehead atoms. The van der Waals surface area contributed by atoms with Gasteiger partial charge in [0.2, 0.25) is 5.95 Å². The molecule has 13 nitrogen and oxygen atoms in total. The fourth-order valence-corrected chi connectivity index (χ4v) is 4.08. The highest BCUT2D eigenvalue weighted by atomic mass is 16.4. The lowest BCUT2D eigenvalue weighted by Gasteiger charge is -2.44. The van der Waals surface area contributed by atoms with Crippen LogP contribution in [0, 0.1) is 11.3 Å². The van der Waals surface area contributed by atoms with Crippen LogP contribution < -0.4 is 26.6 Å². The molecule has 13 heteroatoms. The minimum Gasteiger partial charge on any atom is -0.481 e. The van der Waals surface area contributed by atoms with E-state index in [1.807, 2.05) is 6.92 Å². The predicted octanol–water partition coefficient (Wildman–Crippen LogP) is 3.32. The molecule has 1 saturated carbocycles. The normalized spacial score (nSPS) is 18.0. The zero-order valence-electron chi connectivity index (χ0n) is 21.0. The Kier molecular flexibility index (Phi) is 7.94. The van der Waals surface area contributed by atoms with E-state index in [2.05, 4.69) is 46.5 Å². The quantitative estimate of drug-likeness (QED) is 0.232. The van der Waals surface area contributed by atoms with E-state index in [0.29, 0.717) is 30.0 Å². The maximum absolute atomic E-state index is 13.1. The molecule has 2 atom stereocenters. The summed E-state index contributed by atoms with van der Waals surface area (Å²) >= 11 is 0. The Morgan fingerprint density at radius 3 is 2.47 bits per heavy atom. The molecule has 3 heterocycles. The summed E-state index contributed by atoms with van der Waals surface area (Å²) in [6.07, 6.45) is 8.89. The maximum atomic E-state index is 13.1. The van der Waals surface area contributed by atoms with Crippen molar-refractivity contribution in [1.29, 1.82) is 0 Å². The van der Waals surface area contributed by atoms with Gasteiger partial charge >= 0.3 is 12.0 Å². The van der Waals surface area contributed by atoms with Crippen molar-refractivity contribution in [3.63, 3.8) is 0 Å². The highest BCUT2D eigenvalue weighted by Gasteiger charge is 2.50. The predicted molar refractivity (Wildman–Crippen MR) is 141 cm³/mol. The van der Waals surface area contributed by atoms with Crippen molar-refractivity contribution in [3.8, 4) is 0 Å². The molecule has 1 aliphatic rings. The number of anilines is 5. The van der Waals surface area contributed by atoms with Crippen molar-refractivity contribution in [1.82, 2.24) is 25.3 Å². The van der Waals surface area contributed by atoms with Gasteiger partial charge in [-0.25, -0.2) is 19.7 Å². The summed E-state index contributed by atoms with van der Waals surface area (Å²) in [4.78, 5) is 53.4. The molecule has 0 spiro atoms. The number of urea groups is 1. The van der Waals surface area contributed by atoms with Gasteiger partial charge in [0.05, 0.1) is 46.6 Å². The number of carboxylic acid groups (broad SMARTS) is 1. The number of aliphatic carboxylic acids is 1. The highest BCUT2D eigenvalue weighted by Crippen LogP contribution is 2.46. The number of aromatic nitrogens is 4. The molecule has 0 radical (unpaired) electrons. The standard InChI is InChI=1S/C25H29N9O4/c1-3-27-24(38)34-20-9-19(32-16-5-4-8-26-10-16)18(13-28-20)21(35)33-17-11-29-23(30-12-17)31-14-25(22(36)37)7-6-15(25)2/h4-5,8-13,15H,3,6-7,14H2,1-2H3,(H,33,35)(H,36,37)(H,29,30,31)(H3,27,28,32,34,38). The first-order valence-corrected chi connectivity index (χ1v) is 12.1. The molecule has 198 valence electrons. The average molecular weight is 520 g/mol. The van der Waals surface area contributed by atoms with Crippen LogP contribution in [0.4, 0.5) is 33.6 Å². The number of hydrogen-bond acceptors (Lipinski definition) is 9. The van der Waals surface area contributed by atoms with Gasteiger partial charge in [0.15, 0.2) is 0 Å². The third-order valence-electron chi connectivity index (χ3n) is 6.53. The van der Waals surface area contributed by atoms with Crippen LogP contribution in [0.25, 0.3) is 0 Å². The lowest BCUT2D eigenvalue weighted by atomic mass is 9.61. The second-order valence-corrected chi connectivity index (χ2v) is 8.97. The summed E-state index contributed by atoms with van der Waals surface area (Å²) in [5.74, 6) is -0.728. The largest absolute Gasteiger partial charge is 0.481 e. The molecule has 1 aliphatic carbocycles. The van der Waals surface area contributed by atoms with Crippen LogP contribution in [-0.2, 0) is 4.79 Å². The first-order chi connectivity index (χ1) is 18.3. The van der Waals surface area contributed by atoms with Crippen molar-refractivity contribution in [2.75, 3.05) is 34.4 Å². The lowest BCUT2D eigenvalue weighted by Crippen LogP contribution is -2.50. The minimum absolute atomic E-state index is 0.0664. The summed E-state index contributed by atoms with van der Waals surface area (Å²) in [6, 6.07) is 4.65. The van der Waals surface area contributed by atoms with E-state index in [0.717, 1.165) is 6.42 Å². The number of hydrogen-bond donors (Lipinski definition) is 6. The molecule has 0 saturated heterocycles. The molecule has 6 N–H and O–H groups in total. The molecule has 2 unspecified atom stereocenters. The van der Waals surface area contributed by atoms with E-state index in [4.69, 9.17) is 0 Å². The van der Waals surface area contributed by atoms with Gasteiger partial charge < -0.3 is 26.4 Å². The van der Waals surface area contributed by atoms with Crippen molar-refractivity contribution in [2.45, 2.75) is 26.7 Å². The highest BCUT2D eigenvalue weighted by molar-refractivity contribution is 6.08. The van der Waals surface area contributed by atoms with Crippen LogP contribution in [0.2, 0.25) is 0 Å². The number of nitrogens with zero attached hydrogens (tertiary/aromatic N) is 4. The van der Waals surface area contributed by atoms with Gasteiger partial charge in [0, 0.05) is 31.5 Å². The number of carbonyl (C=O) groups is 3. The van der Waals surface area contributed by atoms with E-state index in [1.54, 1.807) is 37.5 Å². The van der Waals surface area contributed by atoms with Crippen LogP contribution in [-0.4, -0.2) is 56.0 Å². The van der Waals surface area contributed by atoms with Crippen molar-refractivity contribution in [2.24, 2.45) is 11.3 Å². The van der Waals surface area contributed by atoms with Crippen LogP contribution in [0.3, 0.4) is 0 Å². The minimum atomic E-state index is -0.829. The Balaban J connectivity index is 1.46. The number of rotatable bonds is 10. The molecule has 38 heavy (non-hydrogen) atoms. The summed E-state index contributed by atoms with van der Waals surface area (Å²) in [5, 5.41) is 23.7. The van der Waals surface area contributed by atoms with Crippen LogP contribution in [0.1, 0.15) is 37.0 Å². The smallest absolute Gasteiger partial charge is 0.320 e. The second-order valence-electron chi connectivity index (χ2n) is 8.97. The Morgan fingerprint density at radius 1 is 1.08 bits per heavy atom. The molecule has 0 aromatic carbocycles. The van der Waals surface area contributed by atoms with Gasteiger partial charge in [-0.15, -0.1) is 0 Å². The van der Waals surface area contributed by atoms with Crippen LogP contribution in [0.15, 0.2) is 49.2 Å². The van der Waals surface area contributed by atoms with E-state index in [9.17, 15) is 19.5 Å². The molecule has 3 aromatic heterocycles. The second kappa shape index (κ2) is 11.5. The molecule has 1 fully saturated rings. The van der Waals surface area contributed by atoms with Gasteiger partial charge in [-0.2, -0.15) is 0 Å². The third kappa shape index (κ3) is 5.94. The van der Waals surface area contributed by atoms with Gasteiger partial charge in [-0.05, 0) is 37.8 Å². The maximum Gasteiger partial charge on any atom is 0.320 e. The van der Waals surface area contributed by atoms with Crippen molar-refractivity contribution >= 4 is 46.7 Å². The fourth-order valence-electron chi connectivity index (χ4n) is 4.08. The van der Waals surface area contributed by atoms with Crippen molar-refractivity contribution in [3.05, 3.63) is 54.7 Å². The van der Waals surface area contributed by atoms with Crippen molar-refractivity contribution < 1.29 is 19.5 Å². The third-order valence-corrected chi connectivity index (χ3v) is 6.53. The zero-order valence-corrected chi connectivity index (χ0v) is 21.0. The van der Waals surface area contributed by atoms with Crippen LogP contribution in [0.5, 0.6) is 0 Å². The number of pyridine rings is 2. The summed E-state index contributed by atoms with van der Waals surface area (Å²) in [7, 11) is 0. The van der Waals surface area contributed by atoms with E-state index in [-0.39, 0.29) is 29.8 Å². The summed E-state index contributed by atoms with van der Waals surface area (Å²) < 4.78 is 0.